The minimum atomic E-state index is 0.715. The predicted octanol–water partition coefficient (Wildman–Crippen LogP) is 6.77. The van der Waals surface area contributed by atoms with Gasteiger partial charge < -0.3 is 0 Å². The van der Waals surface area contributed by atoms with Crippen LogP contribution in [0.5, 0.6) is 0 Å². The summed E-state index contributed by atoms with van der Waals surface area (Å²) in [6, 6.07) is 24.2. The van der Waals surface area contributed by atoms with Gasteiger partial charge in [0.25, 0.3) is 0 Å². The highest BCUT2D eigenvalue weighted by atomic mass is 127. The summed E-state index contributed by atoms with van der Waals surface area (Å²) in [6.07, 6.45) is 0. The van der Waals surface area contributed by atoms with Gasteiger partial charge in [-0.15, -0.1) is 0 Å². The van der Waals surface area contributed by atoms with E-state index in [2.05, 4.69) is 119 Å². The van der Waals surface area contributed by atoms with E-state index in [1.807, 2.05) is 36.4 Å². The van der Waals surface area contributed by atoms with Crippen molar-refractivity contribution in [3.63, 3.8) is 0 Å². The molecule has 2 aromatic heterocycles. The van der Waals surface area contributed by atoms with E-state index in [1.165, 1.54) is 11.1 Å². The van der Waals surface area contributed by atoms with Crippen molar-refractivity contribution in [3.05, 3.63) is 114 Å². The number of halogens is 2. The molecule has 0 aliphatic carbocycles. The second kappa shape index (κ2) is 10.3. The van der Waals surface area contributed by atoms with Crippen molar-refractivity contribution in [1.29, 1.82) is 0 Å². The predicted molar refractivity (Wildman–Crippen MR) is 147 cm³/mol. The normalized spacial score (nSPS) is 10.0. The van der Waals surface area contributed by atoms with Crippen LogP contribution in [0.1, 0.15) is 33.6 Å². The molecule has 0 aliphatic heterocycles. The molecule has 0 fully saturated rings. The monoisotopic (exact) mass is 636 g/mol. The van der Waals surface area contributed by atoms with E-state index in [9.17, 15) is 0 Å². The average molecular weight is 636 g/mol. The van der Waals surface area contributed by atoms with E-state index in [0.29, 0.717) is 11.4 Å². The van der Waals surface area contributed by atoms with Crippen molar-refractivity contribution in [2.45, 2.75) is 13.8 Å². The Kier molecular flexibility index (Phi) is 7.24. The van der Waals surface area contributed by atoms with Gasteiger partial charge in [-0.2, -0.15) is 0 Å². The number of benzene rings is 2. The van der Waals surface area contributed by atoms with Crippen molar-refractivity contribution < 1.29 is 0 Å². The molecule has 0 N–H and O–H groups in total. The van der Waals surface area contributed by atoms with E-state index in [-0.39, 0.29) is 0 Å². The topological polar surface area (TPSA) is 25.8 Å². The summed E-state index contributed by atoms with van der Waals surface area (Å²) in [6.45, 7) is 4.14. The molecule has 0 amide bonds. The molecule has 0 radical (unpaired) electrons. The number of aromatic nitrogens is 2. The van der Waals surface area contributed by atoms with Gasteiger partial charge in [0.1, 0.15) is 11.4 Å². The van der Waals surface area contributed by atoms with E-state index in [0.717, 1.165) is 29.7 Å². The largest absolute Gasteiger partial charge is 0.238 e. The second-order valence-electron chi connectivity index (χ2n) is 7.28. The zero-order chi connectivity index (χ0) is 22.5. The van der Waals surface area contributed by atoms with Crippen molar-refractivity contribution in [1.82, 2.24) is 9.97 Å². The first-order valence-corrected chi connectivity index (χ1v) is 12.1. The summed E-state index contributed by atoms with van der Waals surface area (Å²) in [5.41, 5.74) is 7.41. The minimum Gasteiger partial charge on any atom is -0.238 e. The number of rotatable bonds is 1. The molecular weight excluding hydrogens is 618 g/mol. The quantitative estimate of drug-likeness (QED) is 0.170. The van der Waals surface area contributed by atoms with E-state index in [1.54, 1.807) is 0 Å². The number of pyridine rings is 2. The van der Waals surface area contributed by atoms with E-state index < -0.39 is 0 Å². The fourth-order valence-electron chi connectivity index (χ4n) is 3.03. The molecule has 0 saturated carbocycles. The van der Waals surface area contributed by atoms with E-state index >= 15 is 0 Å². The molecular formula is C28H18I2N2. The van der Waals surface area contributed by atoms with Crippen molar-refractivity contribution in [3.8, 4) is 35.1 Å². The first kappa shape index (κ1) is 22.5. The van der Waals surface area contributed by atoms with Gasteiger partial charge in [0.15, 0.2) is 0 Å². The Balaban J connectivity index is 1.62. The molecule has 2 nitrogen and oxygen atoms in total. The zero-order valence-electron chi connectivity index (χ0n) is 17.6. The molecule has 4 heteroatoms. The molecule has 2 aromatic carbocycles. The lowest BCUT2D eigenvalue weighted by molar-refractivity contribution is 1.21. The van der Waals surface area contributed by atoms with Crippen LogP contribution in [0.15, 0.2) is 72.8 Å². The molecule has 0 saturated heterocycles. The van der Waals surface area contributed by atoms with Crippen LogP contribution in [0, 0.1) is 44.7 Å². The molecule has 0 spiro atoms. The third kappa shape index (κ3) is 5.76. The van der Waals surface area contributed by atoms with Crippen LogP contribution >= 0.6 is 45.2 Å². The van der Waals surface area contributed by atoms with Crippen molar-refractivity contribution in [2.24, 2.45) is 0 Å². The number of hydrogen-bond acceptors (Lipinski definition) is 2. The molecule has 0 unspecified atom stereocenters. The van der Waals surface area contributed by atoms with Crippen LogP contribution in [0.2, 0.25) is 0 Å². The Labute approximate surface area is 216 Å². The Hall–Kier alpha value is -2.68. The second-order valence-corrected chi connectivity index (χ2v) is 9.61. The Morgan fingerprint density at radius 2 is 1.00 bits per heavy atom. The molecule has 4 aromatic rings. The van der Waals surface area contributed by atoms with Crippen LogP contribution < -0.4 is 0 Å². The van der Waals surface area contributed by atoms with Crippen LogP contribution in [-0.4, -0.2) is 9.97 Å². The van der Waals surface area contributed by atoms with Gasteiger partial charge in [-0.1, -0.05) is 36.1 Å². The smallest absolute Gasteiger partial charge is 0.114 e. The van der Waals surface area contributed by atoms with Gasteiger partial charge in [0.2, 0.25) is 0 Å². The number of nitrogens with zero attached hydrogens (tertiary/aromatic N) is 2. The van der Waals surface area contributed by atoms with Crippen LogP contribution in [0.3, 0.4) is 0 Å². The van der Waals surface area contributed by atoms with Gasteiger partial charge in [-0.05, 0) is 131 Å². The summed E-state index contributed by atoms with van der Waals surface area (Å²) in [4.78, 5) is 9.41. The molecule has 0 bridgehead atoms. The van der Waals surface area contributed by atoms with E-state index in [4.69, 9.17) is 9.97 Å². The summed E-state index contributed by atoms with van der Waals surface area (Å²) < 4.78 is 2.26. The third-order valence-electron chi connectivity index (χ3n) is 4.65. The summed E-state index contributed by atoms with van der Waals surface area (Å²) in [5, 5.41) is 0. The lowest BCUT2D eigenvalue weighted by atomic mass is 10.1. The summed E-state index contributed by atoms with van der Waals surface area (Å²) in [7, 11) is 0. The highest BCUT2D eigenvalue weighted by molar-refractivity contribution is 14.1. The lowest BCUT2D eigenvalue weighted by Crippen LogP contribution is -1.92. The lowest BCUT2D eigenvalue weighted by Gasteiger charge is -2.02. The Bertz CT molecular complexity index is 1320. The molecule has 2 heterocycles. The molecule has 32 heavy (non-hydrogen) atoms. The maximum Gasteiger partial charge on any atom is 0.114 e. The Morgan fingerprint density at radius 3 is 1.44 bits per heavy atom. The zero-order valence-corrected chi connectivity index (χ0v) is 21.9. The standard InChI is InChI=1S/C28H18I2N2/c1-19-9-15-25(29)21(17-19)11-13-23-5-3-7-27(31-23)28-8-4-6-24(32-28)14-12-22-18-20(2)10-16-26(22)30/h3-10,15-18H,1-2H3. The highest BCUT2D eigenvalue weighted by Gasteiger charge is 2.03. The van der Waals surface area contributed by atoms with Crippen LogP contribution in [-0.2, 0) is 0 Å². The van der Waals surface area contributed by atoms with Crippen LogP contribution in [0.4, 0.5) is 0 Å². The highest BCUT2D eigenvalue weighted by Crippen LogP contribution is 2.17. The maximum atomic E-state index is 4.71. The molecule has 154 valence electrons. The van der Waals surface area contributed by atoms with Gasteiger partial charge in [-0.25, -0.2) is 9.97 Å². The fraction of sp³-hybridized carbons (Fsp3) is 0.0714. The fourth-order valence-corrected chi connectivity index (χ4v) is 3.97. The average Bonchev–Trinajstić information content (AvgIpc) is 2.80. The van der Waals surface area contributed by atoms with Gasteiger partial charge in [0.05, 0.1) is 11.4 Å². The molecule has 0 atom stereocenters. The van der Waals surface area contributed by atoms with Gasteiger partial charge in [0, 0.05) is 18.3 Å². The molecule has 4 rings (SSSR count). The third-order valence-corrected chi connectivity index (χ3v) is 6.54. The summed E-state index contributed by atoms with van der Waals surface area (Å²) in [5.74, 6) is 12.9. The first-order valence-electron chi connectivity index (χ1n) is 9.99. The van der Waals surface area contributed by atoms with Gasteiger partial charge in [-0.3, -0.25) is 0 Å². The van der Waals surface area contributed by atoms with Crippen molar-refractivity contribution >= 4 is 45.2 Å². The van der Waals surface area contributed by atoms with Gasteiger partial charge >= 0.3 is 0 Å². The minimum absolute atomic E-state index is 0.715. The van der Waals surface area contributed by atoms with Crippen LogP contribution in [0.25, 0.3) is 11.4 Å². The number of hydrogen-bond donors (Lipinski definition) is 0. The maximum absolute atomic E-state index is 4.71. The number of aryl methyl sites for hydroxylation is 2. The first-order chi connectivity index (χ1) is 15.5. The SMILES string of the molecule is Cc1ccc(I)c(C#Cc2cccc(-c3cccc(C#Cc4cc(C)ccc4I)n3)n2)c1. The molecule has 0 aliphatic rings. The van der Waals surface area contributed by atoms with Crippen molar-refractivity contribution in [2.75, 3.05) is 0 Å². The Morgan fingerprint density at radius 1 is 0.562 bits per heavy atom. The summed E-state index contributed by atoms with van der Waals surface area (Å²) >= 11 is 4.62.